The minimum atomic E-state index is 0.540. The molecular weight excluding hydrogens is 212 g/mol. The highest BCUT2D eigenvalue weighted by Gasteiger charge is 2.22. The lowest BCUT2D eigenvalue weighted by Gasteiger charge is -2.38. The fraction of sp³-hybridized carbons (Fsp3) is 0.714. The highest BCUT2D eigenvalue weighted by molar-refractivity contribution is 5.20. The number of nitrogens with zero attached hydrogens (tertiary/aromatic N) is 2. The fourth-order valence-electron chi connectivity index (χ4n) is 2.66. The molecule has 0 N–H and O–H groups in total. The van der Waals surface area contributed by atoms with E-state index in [1.54, 1.807) is 7.11 Å². The van der Waals surface area contributed by atoms with Crippen molar-refractivity contribution in [3.05, 3.63) is 24.0 Å². The van der Waals surface area contributed by atoms with Crippen LogP contribution in [-0.4, -0.2) is 55.7 Å². The van der Waals surface area contributed by atoms with E-state index in [0.29, 0.717) is 6.04 Å². The van der Waals surface area contributed by atoms with Gasteiger partial charge < -0.3 is 9.64 Å². The molecule has 2 rings (SSSR count). The molecule has 1 aliphatic carbocycles. The first-order valence-electron chi connectivity index (χ1n) is 6.72. The first-order valence-corrected chi connectivity index (χ1v) is 6.72. The Morgan fingerprint density at radius 2 is 2.06 bits per heavy atom. The van der Waals surface area contributed by atoms with Gasteiger partial charge >= 0.3 is 0 Å². The summed E-state index contributed by atoms with van der Waals surface area (Å²) in [5.41, 5.74) is 0. The molecule has 1 heterocycles. The summed E-state index contributed by atoms with van der Waals surface area (Å²) in [6, 6.07) is 0.540. The van der Waals surface area contributed by atoms with Gasteiger partial charge in [-0.15, -0.1) is 0 Å². The smallest absolute Gasteiger partial charge is 0.116 e. The van der Waals surface area contributed by atoms with Crippen LogP contribution in [0, 0.1) is 0 Å². The topological polar surface area (TPSA) is 15.7 Å². The van der Waals surface area contributed by atoms with Crippen LogP contribution in [-0.2, 0) is 4.74 Å². The quantitative estimate of drug-likeness (QED) is 0.741. The van der Waals surface area contributed by atoms with Crippen molar-refractivity contribution in [2.75, 3.05) is 39.8 Å². The average Bonchev–Trinajstić information content (AvgIpc) is 2.40. The lowest BCUT2D eigenvalue weighted by atomic mass is 10.1. The molecule has 1 saturated heterocycles. The average molecular weight is 236 g/mol. The number of hydrogen-bond donors (Lipinski definition) is 0. The van der Waals surface area contributed by atoms with E-state index in [0.717, 1.165) is 12.2 Å². The van der Waals surface area contributed by atoms with Gasteiger partial charge in [-0.1, -0.05) is 13.0 Å². The van der Waals surface area contributed by atoms with E-state index >= 15 is 0 Å². The molecule has 1 unspecified atom stereocenters. The van der Waals surface area contributed by atoms with Crippen molar-refractivity contribution < 1.29 is 4.74 Å². The maximum Gasteiger partial charge on any atom is 0.116 e. The van der Waals surface area contributed by atoms with E-state index in [4.69, 9.17) is 4.74 Å². The Balaban J connectivity index is 1.84. The summed E-state index contributed by atoms with van der Waals surface area (Å²) < 4.78 is 5.31. The maximum absolute atomic E-state index is 5.31. The molecular formula is C14H24N2O. The Morgan fingerprint density at radius 1 is 1.29 bits per heavy atom. The van der Waals surface area contributed by atoms with Gasteiger partial charge in [-0.25, -0.2) is 0 Å². The molecule has 0 saturated carbocycles. The van der Waals surface area contributed by atoms with E-state index in [9.17, 15) is 0 Å². The van der Waals surface area contributed by atoms with Crippen molar-refractivity contribution in [2.24, 2.45) is 0 Å². The minimum absolute atomic E-state index is 0.540. The second kappa shape index (κ2) is 6.22. The highest BCUT2D eigenvalue weighted by atomic mass is 16.5. The molecule has 1 atom stereocenters. The molecule has 0 aromatic rings. The van der Waals surface area contributed by atoms with Crippen LogP contribution in [0.3, 0.4) is 0 Å². The largest absolute Gasteiger partial charge is 0.497 e. The second-order valence-electron chi connectivity index (χ2n) is 4.86. The fourth-order valence-corrected chi connectivity index (χ4v) is 2.66. The summed E-state index contributed by atoms with van der Waals surface area (Å²) in [6.45, 7) is 8.30. The van der Waals surface area contributed by atoms with Crippen molar-refractivity contribution in [1.82, 2.24) is 9.80 Å². The third-order valence-electron chi connectivity index (χ3n) is 3.67. The Hall–Kier alpha value is -0.800. The summed E-state index contributed by atoms with van der Waals surface area (Å²) >= 11 is 0. The molecule has 1 fully saturated rings. The SMILES string of the molecule is CCCN1CCN(C2C=C(OC)C=CC2)CC1. The summed E-state index contributed by atoms with van der Waals surface area (Å²) in [5.74, 6) is 1.01. The molecule has 3 nitrogen and oxygen atoms in total. The van der Waals surface area contributed by atoms with Gasteiger partial charge in [0, 0.05) is 32.2 Å². The molecule has 96 valence electrons. The number of hydrogen-bond acceptors (Lipinski definition) is 3. The highest BCUT2D eigenvalue weighted by Crippen LogP contribution is 2.18. The van der Waals surface area contributed by atoms with Crippen LogP contribution in [0.25, 0.3) is 0 Å². The van der Waals surface area contributed by atoms with Crippen LogP contribution in [0.2, 0.25) is 0 Å². The molecule has 3 heteroatoms. The van der Waals surface area contributed by atoms with Gasteiger partial charge in [0.2, 0.25) is 0 Å². The van der Waals surface area contributed by atoms with Crippen molar-refractivity contribution >= 4 is 0 Å². The number of rotatable bonds is 4. The molecule has 0 aromatic carbocycles. The lowest BCUT2D eigenvalue weighted by molar-refractivity contribution is 0.110. The molecule has 0 aromatic heterocycles. The van der Waals surface area contributed by atoms with Crippen molar-refractivity contribution in [3.63, 3.8) is 0 Å². The van der Waals surface area contributed by atoms with Crippen LogP contribution in [0.5, 0.6) is 0 Å². The normalized spacial score (nSPS) is 26.9. The Labute approximate surface area is 105 Å². The Kier molecular flexibility index (Phi) is 4.63. The van der Waals surface area contributed by atoms with E-state index in [-0.39, 0.29) is 0 Å². The van der Waals surface area contributed by atoms with Crippen molar-refractivity contribution in [1.29, 1.82) is 0 Å². The van der Waals surface area contributed by atoms with Gasteiger partial charge in [-0.05, 0) is 31.5 Å². The Bertz CT molecular complexity index is 291. The molecule has 1 aliphatic heterocycles. The summed E-state index contributed by atoms with van der Waals surface area (Å²) in [4.78, 5) is 5.14. The van der Waals surface area contributed by atoms with E-state index in [2.05, 4.69) is 35.0 Å². The first kappa shape index (κ1) is 12.7. The predicted molar refractivity (Wildman–Crippen MR) is 70.9 cm³/mol. The molecule has 0 radical (unpaired) electrons. The van der Waals surface area contributed by atoms with Crippen molar-refractivity contribution in [3.8, 4) is 0 Å². The number of methoxy groups -OCH3 is 1. The van der Waals surface area contributed by atoms with E-state index in [1.807, 2.05) is 0 Å². The van der Waals surface area contributed by atoms with Gasteiger partial charge in [0.05, 0.1) is 7.11 Å². The monoisotopic (exact) mass is 236 g/mol. The Morgan fingerprint density at radius 3 is 2.71 bits per heavy atom. The van der Waals surface area contributed by atoms with Crippen LogP contribution in [0.1, 0.15) is 19.8 Å². The minimum Gasteiger partial charge on any atom is -0.497 e. The van der Waals surface area contributed by atoms with Crippen LogP contribution < -0.4 is 0 Å². The van der Waals surface area contributed by atoms with Gasteiger partial charge in [0.15, 0.2) is 0 Å². The molecule has 2 aliphatic rings. The third kappa shape index (κ3) is 3.33. The predicted octanol–water partition coefficient (Wildman–Crippen LogP) is 1.87. The summed E-state index contributed by atoms with van der Waals surface area (Å²) in [6.07, 6.45) is 8.95. The zero-order chi connectivity index (χ0) is 12.1. The van der Waals surface area contributed by atoms with Gasteiger partial charge in [-0.3, -0.25) is 4.90 Å². The zero-order valence-electron chi connectivity index (χ0n) is 11.1. The molecule has 0 amide bonds. The van der Waals surface area contributed by atoms with Gasteiger partial charge in [-0.2, -0.15) is 0 Å². The molecule has 0 spiro atoms. The number of ether oxygens (including phenoxy) is 1. The second-order valence-corrected chi connectivity index (χ2v) is 4.86. The summed E-state index contributed by atoms with van der Waals surface area (Å²) in [5, 5.41) is 0. The van der Waals surface area contributed by atoms with Gasteiger partial charge in [0.25, 0.3) is 0 Å². The van der Waals surface area contributed by atoms with Crippen LogP contribution in [0.4, 0.5) is 0 Å². The van der Waals surface area contributed by atoms with Crippen molar-refractivity contribution in [2.45, 2.75) is 25.8 Å². The third-order valence-corrected chi connectivity index (χ3v) is 3.67. The number of allylic oxidation sites excluding steroid dienone is 1. The molecule has 17 heavy (non-hydrogen) atoms. The first-order chi connectivity index (χ1) is 8.33. The van der Waals surface area contributed by atoms with Gasteiger partial charge in [0.1, 0.15) is 5.76 Å². The van der Waals surface area contributed by atoms with Crippen LogP contribution >= 0.6 is 0 Å². The lowest BCUT2D eigenvalue weighted by Crippen LogP contribution is -2.50. The summed E-state index contributed by atoms with van der Waals surface area (Å²) in [7, 11) is 1.75. The zero-order valence-corrected chi connectivity index (χ0v) is 11.1. The van der Waals surface area contributed by atoms with E-state index < -0.39 is 0 Å². The molecule has 0 bridgehead atoms. The number of piperazine rings is 1. The standard InChI is InChI=1S/C14H24N2O/c1-3-7-15-8-10-16(11-9-15)13-5-4-6-14(12-13)17-2/h4,6,12-13H,3,5,7-11H2,1-2H3. The van der Waals surface area contributed by atoms with E-state index in [1.165, 1.54) is 39.1 Å². The maximum atomic E-state index is 5.31. The van der Waals surface area contributed by atoms with Crippen LogP contribution in [0.15, 0.2) is 24.0 Å².